The number of aliphatic hydroxyl groups is 1. The molecule has 0 aliphatic heterocycles. The van der Waals surface area contributed by atoms with Gasteiger partial charge in [0.05, 0.1) is 6.61 Å². The molecule has 0 aliphatic carbocycles. The highest BCUT2D eigenvalue weighted by Gasteiger charge is 2.10. The first-order chi connectivity index (χ1) is 7.04. The predicted molar refractivity (Wildman–Crippen MR) is 59.6 cm³/mol. The first kappa shape index (κ1) is 12.0. The third kappa shape index (κ3) is 3.22. The van der Waals surface area contributed by atoms with Gasteiger partial charge in [0.15, 0.2) is 0 Å². The van der Waals surface area contributed by atoms with E-state index in [1.54, 1.807) is 12.1 Å². The molecule has 1 atom stereocenters. The van der Waals surface area contributed by atoms with E-state index in [0.29, 0.717) is 17.0 Å². The molecule has 0 aromatic heterocycles. The number of amides is 1. The van der Waals surface area contributed by atoms with E-state index in [9.17, 15) is 4.79 Å². The minimum absolute atomic E-state index is 0.0488. The molecule has 15 heavy (non-hydrogen) atoms. The van der Waals surface area contributed by atoms with Gasteiger partial charge in [0.25, 0.3) is 0 Å². The predicted octanol–water partition coefficient (Wildman–Crippen LogP) is 1.81. The van der Waals surface area contributed by atoms with Crippen molar-refractivity contribution in [3.8, 4) is 0 Å². The zero-order valence-electron chi connectivity index (χ0n) is 8.53. The molecule has 0 bridgehead atoms. The topological polar surface area (TPSA) is 63.3 Å². The van der Waals surface area contributed by atoms with Crippen LogP contribution in [0.2, 0.25) is 5.02 Å². The van der Waals surface area contributed by atoms with Crippen LogP contribution < -0.4 is 5.73 Å². The summed E-state index contributed by atoms with van der Waals surface area (Å²) in [5.74, 6) is -0.280. The van der Waals surface area contributed by atoms with Crippen LogP contribution in [0, 0.1) is 0 Å². The Morgan fingerprint density at radius 1 is 1.60 bits per heavy atom. The number of primary amides is 1. The molecular formula is C11H14ClNO2. The third-order valence-corrected chi connectivity index (χ3v) is 2.68. The van der Waals surface area contributed by atoms with Crippen LogP contribution >= 0.6 is 11.6 Å². The summed E-state index contributed by atoms with van der Waals surface area (Å²) in [6.45, 7) is 1.83. The molecule has 0 radical (unpaired) electrons. The van der Waals surface area contributed by atoms with E-state index < -0.39 is 0 Å². The van der Waals surface area contributed by atoms with Crippen LogP contribution in [-0.4, -0.2) is 11.0 Å². The lowest BCUT2D eigenvalue weighted by Gasteiger charge is -2.11. The van der Waals surface area contributed by atoms with Gasteiger partial charge in [0.1, 0.15) is 0 Å². The molecule has 1 rings (SSSR count). The van der Waals surface area contributed by atoms with Crippen LogP contribution in [0.5, 0.6) is 0 Å². The molecule has 1 amide bonds. The molecule has 0 aliphatic rings. The molecular weight excluding hydrogens is 214 g/mol. The highest BCUT2D eigenvalue weighted by atomic mass is 35.5. The van der Waals surface area contributed by atoms with Gasteiger partial charge in [-0.1, -0.05) is 30.7 Å². The number of rotatable bonds is 4. The van der Waals surface area contributed by atoms with Crippen LogP contribution in [0.1, 0.15) is 30.4 Å². The Balaban J connectivity index is 2.87. The Hall–Kier alpha value is -1.06. The molecule has 0 saturated heterocycles. The summed E-state index contributed by atoms with van der Waals surface area (Å²) in [6, 6.07) is 5.38. The summed E-state index contributed by atoms with van der Waals surface area (Å²) in [4.78, 5) is 10.7. The minimum Gasteiger partial charge on any atom is -0.392 e. The monoisotopic (exact) mass is 227 g/mol. The molecule has 82 valence electrons. The van der Waals surface area contributed by atoms with Crippen LogP contribution in [0.3, 0.4) is 0 Å². The maximum atomic E-state index is 10.7. The van der Waals surface area contributed by atoms with Crippen molar-refractivity contribution in [1.82, 2.24) is 0 Å². The van der Waals surface area contributed by atoms with Crippen molar-refractivity contribution < 1.29 is 9.90 Å². The van der Waals surface area contributed by atoms with Crippen LogP contribution in [0.25, 0.3) is 0 Å². The highest BCUT2D eigenvalue weighted by Crippen LogP contribution is 2.24. The van der Waals surface area contributed by atoms with Crippen molar-refractivity contribution in [2.24, 2.45) is 5.73 Å². The first-order valence-corrected chi connectivity index (χ1v) is 5.10. The molecule has 0 fully saturated rings. The average molecular weight is 228 g/mol. The molecule has 3 N–H and O–H groups in total. The summed E-state index contributed by atoms with van der Waals surface area (Å²) in [6.07, 6.45) is 0.300. The summed E-state index contributed by atoms with van der Waals surface area (Å²) in [7, 11) is 0. The first-order valence-electron chi connectivity index (χ1n) is 4.72. The second-order valence-electron chi connectivity index (χ2n) is 3.58. The molecule has 1 aromatic carbocycles. The van der Waals surface area contributed by atoms with Gasteiger partial charge in [0.2, 0.25) is 5.91 Å². The number of carbonyl (C=O) groups is 1. The summed E-state index contributed by atoms with van der Waals surface area (Å²) >= 11 is 5.93. The lowest BCUT2D eigenvalue weighted by Crippen LogP contribution is -2.13. The van der Waals surface area contributed by atoms with Crippen LogP contribution in [-0.2, 0) is 11.4 Å². The smallest absolute Gasteiger partial charge is 0.218 e. The fourth-order valence-electron chi connectivity index (χ4n) is 1.42. The Bertz CT molecular complexity index is 366. The fraction of sp³-hybridized carbons (Fsp3) is 0.364. The molecule has 1 unspecified atom stereocenters. The number of benzene rings is 1. The van der Waals surface area contributed by atoms with E-state index >= 15 is 0 Å². The van der Waals surface area contributed by atoms with E-state index in [2.05, 4.69) is 0 Å². The fourth-order valence-corrected chi connectivity index (χ4v) is 1.67. The molecule has 3 nitrogen and oxygen atoms in total. The minimum atomic E-state index is -0.329. The number of hydrogen-bond acceptors (Lipinski definition) is 2. The van der Waals surface area contributed by atoms with Gasteiger partial charge in [-0.15, -0.1) is 0 Å². The average Bonchev–Trinajstić information content (AvgIpc) is 2.16. The quantitative estimate of drug-likeness (QED) is 0.824. The lowest BCUT2D eigenvalue weighted by atomic mass is 9.96. The van der Waals surface area contributed by atoms with Crippen molar-refractivity contribution in [3.63, 3.8) is 0 Å². The third-order valence-electron chi connectivity index (χ3n) is 2.32. The van der Waals surface area contributed by atoms with E-state index in [4.69, 9.17) is 22.4 Å². The second kappa shape index (κ2) is 5.14. The molecule has 0 heterocycles. The normalized spacial score (nSPS) is 12.5. The number of carbonyl (C=O) groups excluding carboxylic acids is 1. The van der Waals surface area contributed by atoms with Gasteiger partial charge in [0, 0.05) is 11.4 Å². The number of aliphatic hydroxyl groups excluding tert-OH is 1. The SMILES string of the molecule is CC(CC(N)=O)c1ccc(CO)c(Cl)c1. The summed E-state index contributed by atoms with van der Waals surface area (Å²) in [5.41, 5.74) is 6.75. The van der Waals surface area contributed by atoms with Crippen molar-refractivity contribution in [2.75, 3.05) is 0 Å². The van der Waals surface area contributed by atoms with Crippen LogP contribution in [0.15, 0.2) is 18.2 Å². The van der Waals surface area contributed by atoms with E-state index in [1.165, 1.54) is 0 Å². The number of hydrogen-bond donors (Lipinski definition) is 2. The van der Waals surface area contributed by atoms with E-state index in [1.807, 2.05) is 13.0 Å². The van der Waals surface area contributed by atoms with Gasteiger partial charge in [-0.25, -0.2) is 0 Å². The Kier molecular flexibility index (Phi) is 4.12. The van der Waals surface area contributed by atoms with Gasteiger partial charge < -0.3 is 10.8 Å². The van der Waals surface area contributed by atoms with E-state index in [-0.39, 0.29) is 18.4 Å². The molecule has 4 heteroatoms. The zero-order chi connectivity index (χ0) is 11.4. The number of halogens is 1. The summed E-state index contributed by atoms with van der Waals surface area (Å²) in [5, 5.41) is 9.45. The maximum Gasteiger partial charge on any atom is 0.218 e. The summed E-state index contributed by atoms with van der Waals surface area (Å²) < 4.78 is 0. The lowest BCUT2D eigenvalue weighted by molar-refractivity contribution is -0.118. The van der Waals surface area contributed by atoms with Gasteiger partial charge >= 0.3 is 0 Å². The Labute approximate surface area is 93.9 Å². The maximum absolute atomic E-state index is 10.7. The standard InChI is InChI=1S/C11H14ClNO2/c1-7(4-11(13)15)8-2-3-9(6-14)10(12)5-8/h2-3,5,7,14H,4,6H2,1H3,(H2,13,15). The zero-order valence-corrected chi connectivity index (χ0v) is 9.29. The van der Waals surface area contributed by atoms with E-state index in [0.717, 1.165) is 5.56 Å². The molecule has 1 aromatic rings. The Morgan fingerprint density at radius 2 is 2.27 bits per heavy atom. The Morgan fingerprint density at radius 3 is 2.73 bits per heavy atom. The molecule has 0 saturated carbocycles. The number of nitrogens with two attached hydrogens (primary N) is 1. The van der Waals surface area contributed by atoms with Crippen molar-refractivity contribution in [2.45, 2.75) is 25.9 Å². The van der Waals surface area contributed by atoms with Gasteiger partial charge in [-0.2, -0.15) is 0 Å². The molecule has 0 spiro atoms. The van der Waals surface area contributed by atoms with Gasteiger partial charge in [-0.3, -0.25) is 4.79 Å². The van der Waals surface area contributed by atoms with Crippen molar-refractivity contribution >= 4 is 17.5 Å². The van der Waals surface area contributed by atoms with Crippen molar-refractivity contribution in [1.29, 1.82) is 0 Å². The second-order valence-corrected chi connectivity index (χ2v) is 3.99. The highest BCUT2D eigenvalue weighted by molar-refractivity contribution is 6.31. The van der Waals surface area contributed by atoms with Crippen LogP contribution in [0.4, 0.5) is 0 Å². The van der Waals surface area contributed by atoms with Gasteiger partial charge in [-0.05, 0) is 23.1 Å². The largest absolute Gasteiger partial charge is 0.392 e. The van der Waals surface area contributed by atoms with Crippen molar-refractivity contribution in [3.05, 3.63) is 34.3 Å².